The molecule has 0 unspecified atom stereocenters. The van der Waals surface area contributed by atoms with E-state index in [1.165, 1.54) is 0 Å². The third kappa shape index (κ3) is 3.25. The van der Waals surface area contributed by atoms with Crippen LogP contribution in [0, 0.1) is 6.26 Å². The van der Waals surface area contributed by atoms with Gasteiger partial charge in [0.25, 0.3) is 0 Å². The molecule has 1 heterocycles. The maximum Gasteiger partial charge on any atom is 0.0455 e. The van der Waals surface area contributed by atoms with Crippen LogP contribution in [0.5, 0.6) is 0 Å². The first-order chi connectivity index (χ1) is 3.00. The van der Waals surface area contributed by atoms with Gasteiger partial charge in [0.2, 0.25) is 0 Å². The van der Waals surface area contributed by atoms with Gasteiger partial charge in [-0.3, -0.25) is 0 Å². The van der Waals surface area contributed by atoms with Gasteiger partial charge in [0, 0.05) is 39.3 Å². The van der Waals surface area contributed by atoms with Crippen LogP contribution in [0.2, 0.25) is 0 Å². The Labute approximate surface area is 69.0 Å². The second kappa shape index (κ2) is 4.79. The Hall–Kier alpha value is 0.644. The standard InChI is InChI=1S/C5H7O.Y/c1-2-4-6-5-3-1;/h2H,1,3,5H2;/q-1;. The van der Waals surface area contributed by atoms with E-state index < -0.39 is 0 Å². The summed E-state index contributed by atoms with van der Waals surface area (Å²) in [6, 6.07) is 0. The summed E-state index contributed by atoms with van der Waals surface area (Å²) in [5, 5.41) is 0. The minimum atomic E-state index is 0. The Kier molecular flexibility index (Phi) is 5.24. The van der Waals surface area contributed by atoms with E-state index in [2.05, 4.69) is 6.26 Å². The van der Waals surface area contributed by atoms with Crippen molar-refractivity contribution in [3.63, 3.8) is 0 Å². The van der Waals surface area contributed by atoms with Gasteiger partial charge in [-0.1, -0.05) is 6.42 Å². The molecule has 0 amide bonds. The summed E-state index contributed by atoms with van der Waals surface area (Å²) in [7, 11) is 0. The van der Waals surface area contributed by atoms with Gasteiger partial charge < -0.3 is 11.0 Å². The smallest absolute Gasteiger partial charge is 0.0455 e. The first kappa shape index (κ1) is 7.64. The molecule has 0 aromatic carbocycles. The molecule has 7 heavy (non-hydrogen) atoms. The molecule has 1 radical (unpaired) electrons. The summed E-state index contributed by atoms with van der Waals surface area (Å²) < 4.78 is 4.76. The molecule has 0 aliphatic carbocycles. The van der Waals surface area contributed by atoms with Crippen LogP contribution in [0.15, 0.2) is 6.08 Å². The molecular formula is C5H7OY-. The van der Waals surface area contributed by atoms with E-state index in [9.17, 15) is 0 Å². The number of rotatable bonds is 0. The molecule has 0 aromatic heterocycles. The second-order valence-corrected chi connectivity index (χ2v) is 1.31. The van der Waals surface area contributed by atoms with Crippen LogP contribution in [0.4, 0.5) is 0 Å². The van der Waals surface area contributed by atoms with Gasteiger partial charge >= 0.3 is 0 Å². The van der Waals surface area contributed by atoms with Crippen molar-refractivity contribution < 1.29 is 37.4 Å². The Balaban J connectivity index is 0.000000360. The maximum absolute atomic E-state index is 4.76. The van der Waals surface area contributed by atoms with Crippen molar-refractivity contribution in [3.8, 4) is 0 Å². The largest absolute Gasteiger partial charge is 0.693 e. The molecule has 37 valence electrons. The van der Waals surface area contributed by atoms with E-state index in [0.717, 1.165) is 19.4 Å². The van der Waals surface area contributed by atoms with Crippen LogP contribution in [0.25, 0.3) is 0 Å². The van der Waals surface area contributed by atoms with E-state index in [0.29, 0.717) is 0 Å². The molecule has 0 bridgehead atoms. The van der Waals surface area contributed by atoms with Gasteiger partial charge in [-0.25, -0.2) is 6.08 Å². The number of allylic oxidation sites excluding steroid dienone is 1. The molecule has 1 aliphatic heterocycles. The van der Waals surface area contributed by atoms with Gasteiger partial charge in [0.15, 0.2) is 0 Å². The average molecular weight is 172 g/mol. The van der Waals surface area contributed by atoms with Gasteiger partial charge in [-0.05, 0) is 6.42 Å². The Bertz CT molecular complexity index is 53.1. The van der Waals surface area contributed by atoms with Gasteiger partial charge in [0.1, 0.15) is 0 Å². The zero-order valence-electron chi connectivity index (χ0n) is 4.18. The van der Waals surface area contributed by atoms with E-state index in [1.54, 1.807) is 0 Å². The van der Waals surface area contributed by atoms with Crippen molar-refractivity contribution >= 4 is 0 Å². The minimum absolute atomic E-state index is 0. The van der Waals surface area contributed by atoms with Gasteiger partial charge in [0.05, 0.1) is 0 Å². The molecule has 0 spiro atoms. The molecule has 0 saturated heterocycles. The average Bonchev–Trinajstić information content (AvgIpc) is 1.72. The summed E-state index contributed by atoms with van der Waals surface area (Å²) in [4.78, 5) is 0. The third-order valence-corrected chi connectivity index (χ3v) is 0.762. The molecule has 0 saturated carbocycles. The maximum atomic E-state index is 4.76. The van der Waals surface area contributed by atoms with Crippen molar-refractivity contribution in [2.75, 3.05) is 6.61 Å². The summed E-state index contributed by atoms with van der Waals surface area (Å²) in [5.41, 5.74) is 0. The van der Waals surface area contributed by atoms with Crippen LogP contribution < -0.4 is 0 Å². The van der Waals surface area contributed by atoms with Crippen molar-refractivity contribution in [2.45, 2.75) is 12.8 Å². The van der Waals surface area contributed by atoms with Crippen molar-refractivity contribution in [1.82, 2.24) is 0 Å². The summed E-state index contributed by atoms with van der Waals surface area (Å²) in [6.07, 6.45) is 6.88. The summed E-state index contributed by atoms with van der Waals surface area (Å²) >= 11 is 0. The SMILES string of the molecule is [C-]1=CCCCO1.[Y]. The first-order valence-corrected chi connectivity index (χ1v) is 2.19. The molecule has 1 aliphatic rings. The van der Waals surface area contributed by atoms with Crippen LogP contribution in [0.3, 0.4) is 0 Å². The Morgan fingerprint density at radius 2 is 2.43 bits per heavy atom. The second-order valence-electron chi connectivity index (χ2n) is 1.31. The quantitative estimate of drug-likeness (QED) is 0.497. The molecule has 0 atom stereocenters. The van der Waals surface area contributed by atoms with Gasteiger partial charge in [-0.15, -0.1) is 0 Å². The van der Waals surface area contributed by atoms with Gasteiger partial charge in [-0.2, -0.15) is 0 Å². The van der Waals surface area contributed by atoms with E-state index in [4.69, 9.17) is 4.74 Å². The predicted molar refractivity (Wildman–Crippen MR) is 23.0 cm³/mol. The van der Waals surface area contributed by atoms with E-state index in [1.807, 2.05) is 6.08 Å². The van der Waals surface area contributed by atoms with Crippen LogP contribution in [-0.4, -0.2) is 6.61 Å². The Morgan fingerprint density at radius 1 is 1.57 bits per heavy atom. The topological polar surface area (TPSA) is 9.23 Å². The zero-order valence-corrected chi connectivity index (χ0v) is 7.02. The van der Waals surface area contributed by atoms with Crippen molar-refractivity contribution in [3.05, 3.63) is 12.3 Å². The molecule has 2 heteroatoms. The Morgan fingerprint density at radius 3 is 2.57 bits per heavy atom. The molecular weight excluding hydrogens is 165 g/mol. The van der Waals surface area contributed by atoms with Crippen LogP contribution in [-0.2, 0) is 37.4 Å². The molecule has 0 fully saturated rings. The number of hydrogen-bond acceptors (Lipinski definition) is 1. The van der Waals surface area contributed by atoms with E-state index in [-0.39, 0.29) is 32.7 Å². The zero-order chi connectivity index (χ0) is 4.24. The van der Waals surface area contributed by atoms with Crippen molar-refractivity contribution in [1.29, 1.82) is 0 Å². The fourth-order valence-corrected chi connectivity index (χ4v) is 0.434. The van der Waals surface area contributed by atoms with Crippen molar-refractivity contribution in [2.24, 2.45) is 0 Å². The number of hydrogen-bond donors (Lipinski definition) is 0. The van der Waals surface area contributed by atoms with Crippen LogP contribution >= 0.6 is 0 Å². The molecule has 1 rings (SSSR count). The first-order valence-electron chi connectivity index (χ1n) is 2.19. The number of ether oxygens (including phenoxy) is 1. The molecule has 1 nitrogen and oxygen atoms in total. The summed E-state index contributed by atoms with van der Waals surface area (Å²) in [5.74, 6) is 0. The van der Waals surface area contributed by atoms with Crippen LogP contribution in [0.1, 0.15) is 12.8 Å². The minimum Gasteiger partial charge on any atom is -0.693 e. The predicted octanol–water partition coefficient (Wildman–Crippen LogP) is 1.11. The van der Waals surface area contributed by atoms with E-state index >= 15 is 0 Å². The molecule has 0 N–H and O–H groups in total. The normalized spacial score (nSPS) is 17.1. The third-order valence-electron chi connectivity index (χ3n) is 0.762. The molecule has 0 aromatic rings. The fraction of sp³-hybridized carbons (Fsp3) is 0.600. The monoisotopic (exact) mass is 172 g/mol. The summed E-state index contributed by atoms with van der Waals surface area (Å²) in [6.45, 7) is 0.858. The fourth-order valence-electron chi connectivity index (χ4n) is 0.434.